The molecule has 29 heavy (non-hydrogen) atoms. The van der Waals surface area contributed by atoms with Crippen LogP contribution in [0.4, 0.5) is 11.4 Å². The number of thiocarbonyl (C=S) groups is 1. The van der Waals surface area contributed by atoms with Crippen molar-refractivity contribution in [2.24, 2.45) is 0 Å². The van der Waals surface area contributed by atoms with E-state index in [1.165, 1.54) is 13.0 Å². The van der Waals surface area contributed by atoms with Crippen LogP contribution in [0.5, 0.6) is 0 Å². The van der Waals surface area contributed by atoms with Crippen molar-refractivity contribution in [2.45, 2.75) is 16.9 Å². The van der Waals surface area contributed by atoms with Crippen molar-refractivity contribution in [3.8, 4) is 0 Å². The Kier molecular flexibility index (Phi) is 8.36. The molecule has 0 aliphatic rings. The molecule has 0 radical (unpaired) electrons. The number of rotatable bonds is 5. The SMILES string of the molecule is CC(=O)Nc1ccc(NC(=S)NC(NC(=O)c2cccc(Cl)c2)C(Cl)(Cl)Cl)cc1. The fourth-order valence-corrected chi connectivity index (χ4v) is 2.94. The average Bonchev–Trinajstić information content (AvgIpc) is 2.61. The third-order valence-electron chi connectivity index (χ3n) is 3.43. The van der Waals surface area contributed by atoms with E-state index in [2.05, 4.69) is 21.3 Å². The van der Waals surface area contributed by atoms with E-state index >= 15 is 0 Å². The summed E-state index contributed by atoms with van der Waals surface area (Å²) in [5, 5.41) is 11.4. The van der Waals surface area contributed by atoms with Crippen molar-refractivity contribution in [1.29, 1.82) is 0 Å². The Morgan fingerprint density at radius 3 is 2.07 bits per heavy atom. The van der Waals surface area contributed by atoms with Gasteiger partial charge in [-0.1, -0.05) is 52.5 Å². The topological polar surface area (TPSA) is 82.3 Å². The lowest BCUT2D eigenvalue weighted by Gasteiger charge is -2.27. The first kappa shape index (κ1) is 23.5. The Morgan fingerprint density at radius 2 is 1.55 bits per heavy atom. The molecule has 0 fully saturated rings. The van der Waals surface area contributed by atoms with Crippen LogP contribution < -0.4 is 21.3 Å². The van der Waals surface area contributed by atoms with Gasteiger partial charge in [0.25, 0.3) is 5.91 Å². The molecule has 2 amide bonds. The van der Waals surface area contributed by atoms with Crippen LogP contribution in [-0.2, 0) is 4.79 Å². The predicted molar refractivity (Wildman–Crippen MR) is 123 cm³/mol. The summed E-state index contributed by atoms with van der Waals surface area (Å²) in [6.45, 7) is 1.42. The standard InChI is InChI=1S/C18H16Cl4N4O2S/c1-10(27)23-13-5-7-14(8-6-13)24-17(29)26-16(18(20,21)22)25-15(28)11-3-2-4-12(19)9-11/h2-9,16H,1H3,(H,23,27)(H,25,28)(H2,24,26,29). The highest BCUT2D eigenvalue weighted by Gasteiger charge is 2.35. The van der Waals surface area contributed by atoms with E-state index in [-0.39, 0.29) is 11.0 Å². The molecule has 0 heterocycles. The second kappa shape index (κ2) is 10.3. The maximum Gasteiger partial charge on any atom is 0.253 e. The Bertz CT molecular complexity index is 903. The third-order valence-corrected chi connectivity index (χ3v) is 4.54. The largest absolute Gasteiger partial charge is 0.339 e. The Hall–Kier alpha value is -1.77. The Balaban J connectivity index is 2.03. The summed E-state index contributed by atoms with van der Waals surface area (Å²) in [4.78, 5) is 23.5. The summed E-state index contributed by atoms with van der Waals surface area (Å²) in [5.74, 6) is -0.678. The van der Waals surface area contributed by atoms with Gasteiger partial charge in [-0.3, -0.25) is 9.59 Å². The number of benzene rings is 2. The number of anilines is 2. The monoisotopic (exact) mass is 492 g/mol. The zero-order valence-corrected chi connectivity index (χ0v) is 18.8. The van der Waals surface area contributed by atoms with E-state index in [9.17, 15) is 9.59 Å². The molecule has 2 aromatic rings. The molecule has 0 saturated heterocycles. The van der Waals surface area contributed by atoms with E-state index < -0.39 is 15.9 Å². The predicted octanol–water partition coefficient (Wildman–Crippen LogP) is 4.71. The molecule has 0 saturated carbocycles. The normalized spacial score (nSPS) is 11.9. The highest BCUT2D eigenvalue weighted by atomic mass is 35.6. The molecule has 0 aliphatic heterocycles. The van der Waals surface area contributed by atoms with E-state index in [0.29, 0.717) is 22.0 Å². The number of carbonyl (C=O) groups is 2. The molecule has 4 N–H and O–H groups in total. The number of amides is 2. The molecule has 0 bridgehead atoms. The van der Waals surface area contributed by atoms with E-state index in [1.807, 2.05) is 0 Å². The quantitative estimate of drug-likeness (QED) is 0.275. The van der Waals surface area contributed by atoms with Crippen LogP contribution in [0, 0.1) is 0 Å². The minimum absolute atomic E-state index is 0.111. The minimum atomic E-state index is -1.89. The van der Waals surface area contributed by atoms with E-state index in [0.717, 1.165) is 0 Å². The molecule has 0 aromatic heterocycles. The molecular formula is C18H16Cl4N4O2S. The molecule has 2 aromatic carbocycles. The molecule has 1 atom stereocenters. The first-order valence-electron chi connectivity index (χ1n) is 8.13. The molecule has 0 aliphatic carbocycles. The van der Waals surface area contributed by atoms with Crippen molar-refractivity contribution >= 4 is 86.9 Å². The lowest BCUT2D eigenvalue weighted by Crippen LogP contribution is -2.56. The van der Waals surface area contributed by atoms with Crippen LogP contribution >= 0.6 is 58.6 Å². The molecule has 0 spiro atoms. The van der Waals surface area contributed by atoms with Crippen LogP contribution in [-0.4, -0.2) is 26.9 Å². The van der Waals surface area contributed by atoms with E-state index in [1.54, 1.807) is 42.5 Å². The summed E-state index contributed by atoms with van der Waals surface area (Å²) in [6, 6.07) is 13.1. The number of halogens is 4. The van der Waals surface area contributed by atoms with Gasteiger partial charge in [0, 0.05) is 28.9 Å². The van der Waals surface area contributed by atoms with Crippen LogP contribution in [0.25, 0.3) is 0 Å². The number of carbonyl (C=O) groups excluding carboxylic acids is 2. The summed E-state index contributed by atoms with van der Waals surface area (Å²) in [5.41, 5.74) is 1.56. The zero-order valence-electron chi connectivity index (χ0n) is 14.9. The van der Waals surface area contributed by atoms with Crippen molar-refractivity contribution in [2.75, 3.05) is 10.6 Å². The average molecular weight is 494 g/mol. The zero-order chi connectivity index (χ0) is 21.6. The van der Waals surface area contributed by atoms with Gasteiger partial charge in [-0.15, -0.1) is 0 Å². The maximum absolute atomic E-state index is 12.4. The molecular weight excluding hydrogens is 478 g/mol. The maximum atomic E-state index is 12.4. The summed E-state index contributed by atoms with van der Waals surface area (Å²) in [6.07, 6.45) is -1.13. The van der Waals surface area contributed by atoms with Crippen LogP contribution in [0.15, 0.2) is 48.5 Å². The second-order valence-corrected chi connectivity index (χ2v) is 9.03. The molecule has 2 rings (SSSR count). The Morgan fingerprint density at radius 1 is 0.966 bits per heavy atom. The number of hydrogen-bond acceptors (Lipinski definition) is 3. The van der Waals surface area contributed by atoms with Gasteiger partial charge >= 0.3 is 0 Å². The molecule has 11 heteroatoms. The minimum Gasteiger partial charge on any atom is -0.339 e. The molecule has 1 unspecified atom stereocenters. The highest BCUT2D eigenvalue weighted by Crippen LogP contribution is 2.29. The van der Waals surface area contributed by atoms with Gasteiger partial charge in [0.2, 0.25) is 9.70 Å². The fraction of sp³-hybridized carbons (Fsp3) is 0.167. The Labute approximate surface area is 193 Å². The highest BCUT2D eigenvalue weighted by molar-refractivity contribution is 7.80. The summed E-state index contributed by atoms with van der Waals surface area (Å²) >= 11 is 29.1. The van der Waals surface area contributed by atoms with Crippen LogP contribution in [0.3, 0.4) is 0 Å². The lowest BCUT2D eigenvalue weighted by molar-refractivity contribution is -0.114. The number of alkyl halides is 3. The fourth-order valence-electron chi connectivity index (χ4n) is 2.18. The second-order valence-electron chi connectivity index (χ2n) is 5.82. The van der Waals surface area contributed by atoms with Gasteiger partial charge in [-0.25, -0.2) is 0 Å². The van der Waals surface area contributed by atoms with Crippen molar-refractivity contribution in [3.63, 3.8) is 0 Å². The smallest absolute Gasteiger partial charge is 0.253 e. The molecule has 154 valence electrons. The summed E-state index contributed by atoms with van der Waals surface area (Å²) < 4.78 is -1.89. The van der Waals surface area contributed by atoms with Crippen molar-refractivity contribution in [3.05, 3.63) is 59.1 Å². The number of hydrogen-bond donors (Lipinski definition) is 4. The van der Waals surface area contributed by atoms with E-state index in [4.69, 9.17) is 58.6 Å². The number of nitrogens with one attached hydrogen (secondary N) is 4. The van der Waals surface area contributed by atoms with Gasteiger partial charge in [0.15, 0.2) is 5.11 Å². The van der Waals surface area contributed by atoms with Gasteiger partial charge in [0.1, 0.15) is 6.17 Å². The van der Waals surface area contributed by atoms with Crippen molar-refractivity contribution < 1.29 is 9.59 Å². The first-order valence-corrected chi connectivity index (χ1v) is 10.0. The van der Waals surface area contributed by atoms with Crippen LogP contribution in [0.1, 0.15) is 17.3 Å². The van der Waals surface area contributed by atoms with Gasteiger partial charge in [-0.05, 0) is 54.7 Å². The lowest BCUT2D eigenvalue weighted by atomic mass is 10.2. The third kappa shape index (κ3) is 7.87. The van der Waals surface area contributed by atoms with Crippen LogP contribution in [0.2, 0.25) is 5.02 Å². The summed E-state index contributed by atoms with van der Waals surface area (Å²) in [7, 11) is 0. The van der Waals surface area contributed by atoms with Gasteiger partial charge in [0.05, 0.1) is 0 Å². The van der Waals surface area contributed by atoms with Gasteiger partial charge in [-0.2, -0.15) is 0 Å². The van der Waals surface area contributed by atoms with Gasteiger partial charge < -0.3 is 21.3 Å². The van der Waals surface area contributed by atoms with Crippen molar-refractivity contribution in [1.82, 2.24) is 10.6 Å². The first-order chi connectivity index (χ1) is 13.5. The molecule has 6 nitrogen and oxygen atoms in total.